The first-order chi connectivity index (χ1) is 9.81. The van der Waals surface area contributed by atoms with Crippen LogP contribution in [0.3, 0.4) is 0 Å². The molecule has 1 aromatic rings. The molecule has 0 amide bonds. The topological polar surface area (TPSA) is 131 Å². The molecule has 1 aliphatic rings. The second-order valence-electron chi connectivity index (χ2n) is 5.35. The molecular weight excluding hydrogens is 280 g/mol. The van der Waals surface area contributed by atoms with Crippen molar-refractivity contribution >= 4 is 0 Å². The molecule has 1 saturated heterocycles. The molecule has 6 N–H and O–H groups in total. The van der Waals surface area contributed by atoms with Crippen molar-refractivity contribution < 1.29 is 35.4 Å². The van der Waals surface area contributed by atoms with E-state index in [0.29, 0.717) is 0 Å². The van der Waals surface area contributed by atoms with Crippen LogP contribution in [0.2, 0.25) is 0 Å². The van der Waals surface area contributed by atoms with E-state index < -0.39 is 30.5 Å². The van der Waals surface area contributed by atoms with Crippen molar-refractivity contribution in [1.29, 1.82) is 0 Å². The number of phenols is 3. The lowest BCUT2D eigenvalue weighted by atomic mass is 9.92. The summed E-state index contributed by atoms with van der Waals surface area (Å²) in [5.74, 6) is -0.771. The number of aromatic hydroxyl groups is 3. The van der Waals surface area contributed by atoms with E-state index in [4.69, 9.17) is 4.74 Å². The highest BCUT2D eigenvalue weighted by Gasteiger charge is 2.41. The Labute approximate surface area is 121 Å². The predicted molar refractivity (Wildman–Crippen MR) is 72.1 cm³/mol. The normalized spacial score (nSPS) is 33.0. The van der Waals surface area contributed by atoms with Crippen LogP contribution in [0.25, 0.3) is 0 Å². The Bertz CT molecular complexity index is 481. The molecule has 0 bridgehead atoms. The van der Waals surface area contributed by atoms with Gasteiger partial charge in [0.05, 0.1) is 12.2 Å². The third-order valence-electron chi connectivity index (χ3n) is 3.82. The van der Waals surface area contributed by atoms with Gasteiger partial charge in [0, 0.05) is 17.7 Å². The van der Waals surface area contributed by atoms with E-state index in [9.17, 15) is 30.6 Å². The van der Waals surface area contributed by atoms with E-state index in [1.165, 1.54) is 0 Å². The van der Waals surface area contributed by atoms with Crippen LogP contribution in [-0.4, -0.2) is 61.2 Å². The number of ether oxygens (including phenoxy) is 1. The molecule has 0 aliphatic carbocycles. The van der Waals surface area contributed by atoms with Crippen molar-refractivity contribution in [2.75, 3.05) is 0 Å². The summed E-state index contributed by atoms with van der Waals surface area (Å²) in [6.45, 7) is 1.59. The molecule has 0 radical (unpaired) electrons. The van der Waals surface area contributed by atoms with E-state index in [1.54, 1.807) is 6.92 Å². The van der Waals surface area contributed by atoms with Gasteiger partial charge in [0.15, 0.2) is 0 Å². The van der Waals surface area contributed by atoms with Gasteiger partial charge in [0.1, 0.15) is 35.6 Å². The van der Waals surface area contributed by atoms with Gasteiger partial charge in [-0.2, -0.15) is 0 Å². The van der Waals surface area contributed by atoms with E-state index in [-0.39, 0.29) is 35.7 Å². The van der Waals surface area contributed by atoms with Gasteiger partial charge in [-0.25, -0.2) is 0 Å². The Morgan fingerprint density at radius 3 is 2.10 bits per heavy atom. The lowest BCUT2D eigenvalue weighted by Crippen LogP contribution is -2.56. The first kappa shape index (κ1) is 15.8. The second kappa shape index (κ2) is 6.07. The summed E-state index contributed by atoms with van der Waals surface area (Å²) in [6, 6.07) is 2.21. The Balaban J connectivity index is 2.06. The molecule has 118 valence electrons. The van der Waals surface area contributed by atoms with Gasteiger partial charge in [-0.05, 0) is 19.8 Å². The monoisotopic (exact) mass is 300 g/mol. The first-order valence-electron chi connectivity index (χ1n) is 6.74. The third-order valence-corrected chi connectivity index (χ3v) is 3.82. The maximum Gasteiger partial charge on any atom is 0.126 e. The van der Waals surface area contributed by atoms with Gasteiger partial charge in [0.25, 0.3) is 0 Å². The first-order valence-corrected chi connectivity index (χ1v) is 6.74. The fraction of sp³-hybridized carbons (Fsp3) is 0.571. The third kappa shape index (κ3) is 3.21. The van der Waals surface area contributed by atoms with Crippen LogP contribution < -0.4 is 0 Å². The lowest BCUT2D eigenvalue weighted by Gasteiger charge is -2.39. The van der Waals surface area contributed by atoms with Gasteiger partial charge in [-0.1, -0.05) is 0 Å². The number of rotatable bonds is 3. The molecule has 0 aromatic heterocycles. The summed E-state index contributed by atoms with van der Waals surface area (Å²) in [5, 5.41) is 57.8. The van der Waals surface area contributed by atoms with E-state index in [0.717, 1.165) is 12.1 Å². The molecule has 7 nitrogen and oxygen atoms in total. The van der Waals surface area contributed by atoms with E-state index in [1.807, 2.05) is 0 Å². The lowest BCUT2D eigenvalue weighted by molar-refractivity contribution is -0.218. The molecule has 1 heterocycles. The van der Waals surface area contributed by atoms with Crippen LogP contribution in [0.15, 0.2) is 12.1 Å². The summed E-state index contributed by atoms with van der Waals surface area (Å²) in [5.41, 5.74) is 0.219. The standard InChI is InChI=1S/C14H20O7/c1-6-12(18)14(20)13(19)11(21-6)3-2-8-9(16)4-7(15)5-10(8)17/h4-6,11-20H,2-3H2,1H3. The molecule has 1 aliphatic heterocycles. The molecule has 2 rings (SSSR count). The van der Waals surface area contributed by atoms with Crippen LogP contribution in [0.5, 0.6) is 17.2 Å². The van der Waals surface area contributed by atoms with Crippen molar-refractivity contribution in [2.45, 2.75) is 50.3 Å². The zero-order valence-corrected chi connectivity index (χ0v) is 11.5. The Kier molecular flexibility index (Phi) is 4.58. The highest BCUT2D eigenvalue weighted by molar-refractivity contribution is 5.48. The minimum absolute atomic E-state index is 0.176. The molecule has 21 heavy (non-hydrogen) atoms. The van der Waals surface area contributed by atoms with Crippen LogP contribution >= 0.6 is 0 Å². The number of aliphatic hydroxyl groups is 3. The Hall–Kier alpha value is -1.54. The van der Waals surface area contributed by atoms with Gasteiger partial charge in [-0.15, -0.1) is 0 Å². The molecule has 0 spiro atoms. The number of benzene rings is 1. The Morgan fingerprint density at radius 2 is 1.52 bits per heavy atom. The summed E-state index contributed by atoms with van der Waals surface area (Å²) in [7, 11) is 0. The average molecular weight is 300 g/mol. The highest BCUT2D eigenvalue weighted by Crippen LogP contribution is 2.34. The van der Waals surface area contributed by atoms with Gasteiger partial charge in [-0.3, -0.25) is 0 Å². The van der Waals surface area contributed by atoms with Gasteiger partial charge in [0.2, 0.25) is 0 Å². The zero-order valence-electron chi connectivity index (χ0n) is 11.5. The molecule has 1 aromatic carbocycles. The maximum atomic E-state index is 9.89. The zero-order chi connectivity index (χ0) is 15.7. The largest absolute Gasteiger partial charge is 0.508 e. The fourth-order valence-electron chi connectivity index (χ4n) is 2.55. The molecule has 1 fully saturated rings. The highest BCUT2D eigenvalue weighted by atomic mass is 16.5. The van der Waals surface area contributed by atoms with E-state index in [2.05, 4.69) is 0 Å². The Morgan fingerprint density at radius 1 is 0.952 bits per heavy atom. The van der Waals surface area contributed by atoms with Crippen molar-refractivity contribution in [3.63, 3.8) is 0 Å². The van der Waals surface area contributed by atoms with Gasteiger partial charge < -0.3 is 35.4 Å². The van der Waals surface area contributed by atoms with Gasteiger partial charge >= 0.3 is 0 Å². The molecular formula is C14H20O7. The summed E-state index contributed by atoms with van der Waals surface area (Å²) in [4.78, 5) is 0. The number of hydrogen-bond donors (Lipinski definition) is 6. The van der Waals surface area contributed by atoms with Crippen LogP contribution in [0, 0.1) is 0 Å². The van der Waals surface area contributed by atoms with Crippen LogP contribution in [0.1, 0.15) is 18.9 Å². The van der Waals surface area contributed by atoms with Crippen molar-refractivity contribution in [2.24, 2.45) is 0 Å². The van der Waals surface area contributed by atoms with Crippen molar-refractivity contribution in [1.82, 2.24) is 0 Å². The fourth-order valence-corrected chi connectivity index (χ4v) is 2.55. The van der Waals surface area contributed by atoms with Crippen LogP contribution in [0.4, 0.5) is 0 Å². The predicted octanol–water partition coefficient (Wildman–Crippen LogP) is -0.394. The summed E-state index contributed by atoms with van der Waals surface area (Å²) in [6.07, 6.45) is -4.68. The second-order valence-corrected chi connectivity index (χ2v) is 5.35. The average Bonchev–Trinajstić information content (AvgIpc) is 2.40. The maximum absolute atomic E-state index is 9.89. The minimum atomic E-state index is -1.30. The molecule has 7 heteroatoms. The molecule has 5 atom stereocenters. The summed E-state index contributed by atoms with van der Waals surface area (Å²) >= 11 is 0. The minimum Gasteiger partial charge on any atom is -0.508 e. The smallest absolute Gasteiger partial charge is 0.126 e. The molecule has 0 saturated carbocycles. The number of phenolic OH excluding ortho intramolecular Hbond substituents is 3. The van der Waals surface area contributed by atoms with Crippen LogP contribution in [-0.2, 0) is 11.2 Å². The number of hydrogen-bond acceptors (Lipinski definition) is 7. The summed E-state index contributed by atoms with van der Waals surface area (Å²) < 4.78 is 5.43. The van der Waals surface area contributed by atoms with Crippen molar-refractivity contribution in [3.8, 4) is 17.2 Å². The SMILES string of the molecule is CC1OC(CCc2c(O)cc(O)cc2O)C(O)C(O)C1O. The molecule has 5 unspecified atom stereocenters. The quantitative estimate of drug-likeness (QED) is 0.448. The van der Waals surface area contributed by atoms with E-state index >= 15 is 0 Å². The number of aliphatic hydroxyl groups excluding tert-OH is 3. The van der Waals surface area contributed by atoms with Crippen molar-refractivity contribution in [3.05, 3.63) is 17.7 Å².